The number of pyridine rings is 1. The number of anilines is 1. The first-order valence-corrected chi connectivity index (χ1v) is 10.6. The summed E-state index contributed by atoms with van der Waals surface area (Å²) in [5, 5.41) is 3.40. The SMILES string of the molecule is CC(=O)OCC(=O)Nc1c(Cl)nc2ccccc2c1CC(C)(C)NS(C)(=O)=O. The minimum Gasteiger partial charge on any atom is -0.456 e. The fourth-order valence-corrected chi connectivity index (χ4v) is 4.21. The lowest BCUT2D eigenvalue weighted by Gasteiger charge is -2.27. The number of nitrogens with one attached hydrogen (secondary N) is 2. The van der Waals surface area contributed by atoms with Gasteiger partial charge < -0.3 is 10.1 Å². The Bertz CT molecular complexity index is 1020. The van der Waals surface area contributed by atoms with Crippen LogP contribution in [0, 0.1) is 0 Å². The molecule has 2 aromatic rings. The number of para-hydroxylation sites is 1. The van der Waals surface area contributed by atoms with E-state index in [-0.39, 0.29) is 17.3 Å². The largest absolute Gasteiger partial charge is 0.456 e. The molecule has 1 heterocycles. The number of amides is 1. The van der Waals surface area contributed by atoms with Crippen molar-refractivity contribution in [1.29, 1.82) is 0 Å². The van der Waals surface area contributed by atoms with Crippen molar-refractivity contribution in [3.63, 3.8) is 0 Å². The molecule has 0 aliphatic heterocycles. The lowest BCUT2D eigenvalue weighted by Crippen LogP contribution is -2.44. The van der Waals surface area contributed by atoms with Crippen LogP contribution in [0.4, 0.5) is 5.69 Å². The quantitative estimate of drug-likeness (QED) is 0.517. The second kappa shape index (κ2) is 8.42. The topological polar surface area (TPSA) is 114 Å². The predicted octanol–water partition coefficient (Wildman–Crippen LogP) is 2.26. The van der Waals surface area contributed by atoms with E-state index in [1.165, 1.54) is 6.92 Å². The molecular formula is C18H22ClN3O5S. The smallest absolute Gasteiger partial charge is 0.303 e. The van der Waals surface area contributed by atoms with Gasteiger partial charge in [0, 0.05) is 17.8 Å². The van der Waals surface area contributed by atoms with E-state index < -0.39 is 34.0 Å². The number of fused-ring (bicyclic) bond motifs is 1. The Morgan fingerprint density at radius 3 is 2.50 bits per heavy atom. The summed E-state index contributed by atoms with van der Waals surface area (Å²) in [6.45, 7) is 4.18. The Morgan fingerprint density at radius 1 is 1.25 bits per heavy atom. The van der Waals surface area contributed by atoms with Crippen LogP contribution in [-0.2, 0) is 30.8 Å². The molecule has 0 bridgehead atoms. The molecule has 152 valence electrons. The summed E-state index contributed by atoms with van der Waals surface area (Å²) in [7, 11) is -3.46. The Kier molecular flexibility index (Phi) is 6.63. The zero-order valence-electron chi connectivity index (χ0n) is 16.0. The number of hydrogen-bond acceptors (Lipinski definition) is 6. The van der Waals surface area contributed by atoms with Crippen LogP contribution in [0.1, 0.15) is 26.3 Å². The summed E-state index contributed by atoms with van der Waals surface area (Å²) in [4.78, 5) is 27.4. The van der Waals surface area contributed by atoms with E-state index in [0.29, 0.717) is 11.1 Å². The molecule has 2 rings (SSSR count). The molecule has 28 heavy (non-hydrogen) atoms. The van der Waals surface area contributed by atoms with E-state index in [0.717, 1.165) is 11.6 Å². The Labute approximate surface area is 168 Å². The minimum absolute atomic E-state index is 0.0556. The van der Waals surface area contributed by atoms with Crippen LogP contribution in [0.25, 0.3) is 10.9 Å². The number of esters is 1. The van der Waals surface area contributed by atoms with Crippen LogP contribution in [0.5, 0.6) is 0 Å². The van der Waals surface area contributed by atoms with Gasteiger partial charge in [0.25, 0.3) is 5.91 Å². The molecule has 2 N–H and O–H groups in total. The highest BCUT2D eigenvalue weighted by atomic mass is 35.5. The highest BCUT2D eigenvalue weighted by Crippen LogP contribution is 2.33. The molecule has 8 nitrogen and oxygen atoms in total. The van der Waals surface area contributed by atoms with Gasteiger partial charge in [-0.2, -0.15) is 0 Å². The lowest BCUT2D eigenvalue weighted by atomic mass is 9.92. The summed E-state index contributed by atoms with van der Waals surface area (Å²) < 4.78 is 30.7. The molecule has 0 aliphatic carbocycles. The molecule has 0 saturated carbocycles. The molecule has 1 aromatic carbocycles. The van der Waals surface area contributed by atoms with Crippen LogP contribution < -0.4 is 10.0 Å². The number of hydrogen-bond donors (Lipinski definition) is 2. The van der Waals surface area contributed by atoms with Crippen molar-refractivity contribution < 1.29 is 22.7 Å². The van der Waals surface area contributed by atoms with Crippen molar-refractivity contribution in [2.75, 3.05) is 18.2 Å². The molecule has 0 saturated heterocycles. The summed E-state index contributed by atoms with van der Waals surface area (Å²) in [5.41, 5.74) is 0.612. The molecule has 0 spiro atoms. The van der Waals surface area contributed by atoms with Gasteiger partial charge in [0.2, 0.25) is 10.0 Å². The molecular weight excluding hydrogens is 406 g/mol. The number of aromatic nitrogens is 1. The first-order chi connectivity index (χ1) is 12.9. The standard InChI is InChI=1S/C18H22ClN3O5S/c1-11(23)27-10-15(24)21-16-13(9-18(2,3)22-28(4,25)26)12-7-5-6-8-14(12)20-17(16)19/h5-8,22H,9-10H2,1-4H3,(H,21,24). The third-order valence-corrected chi connectivity index (χ3v) is 4.90. The number of carbonyl (C=O) groups is 2. The van der Waals surface area contributed by atoms with E-state index in [1.54, 1.807) is 26.0 Å². The van der Waals surface area contributed by atoms with Crippen molar-refractivity contribution in [3.8, 4) is 0 Å². The third-order valence-electron chi connectivity index (χ3n) is 3.71. The van der Waals surface area contributed by atoms with Crippen molar-refractivity contribution in [1.82, 2.24) is 9.71 Å². The molecule has 1 aromatic heterocycles. The van der Waals surface area contributed by atoms with Gasteiger partial charge in [0.1, 0.15) is 0 Å². The van der Waals surface area contributed by atoms with Gasteiger partial charge in [0.05, 0.1) is 17.5 Å². The fraction of sp³-hybridized carbons (Fsp3) is 0.389. The van der Waals surface area contributed by atoms with Gasteiger partial charge in [-0.3, -0.25) is 9.59 Å². The van der Waals surface area contributed by atoms with E-state index in [9.17, 15) is 18.0 Å². The first-order valence-electron chi connectivity index (χ1n) is 8.37. The first kappa shape index (κ1) is 22.1. The molecule has 0 atom stereocenters. The molecule has 0 fully saturated rings. The average Bonchev–Trinajstić information content (AvgIpc) is 2.53. The van der Waals surface area contributed by atoms with E-state index >= 15 is 0 Å². The summed E-state index contributed by atoms with van der Waals surface area (Å²) in [6.07, 6.45) is 1.31. The molecule has 0 unspecified atom stereocenters. The van der Waals surface area contributed by atoms with Crippen LogP contribution in [0.3, 0.4) is 0 Å². The molecule has 0 radical (unpaired) electrons. The number of carbonyl (C=O) groups excluding carboxylic acids is 2. The predicted molar refractivity (Wildman–Crippen MR) is 108 cm³/mol. The van der Waals surface area contributed by atoms with Crippen LogP contribution in [0.2, 0.25) is 5.15 Å². The lowest BCUT2D eigenvalue weighted by molar-refractivity contribution is -0.144. The van der Waals surface area contributed by atoms with E-state index in [1.807, 2.05) is 12.1 Å². The Hall–Kier alpha value is -2.23. The Balaban J connectivity index is 2.50. The van der Waals surface area contributed by atoms with Crippen molar-refractivity contribution in [2.24, 2.45) is 0 Å². The van der Waals surface area contributed by atoms with Crippen LogP contribution in [0.15, 0.2) is 24.3 Å². The van der Waals surface area contributed by atoms with E-state index in [4.69, 9.17) is 16.3 Å². The third kappa shape index (κ3) is 6.15. The van der Waals surface area contributed by atoms with Gasteiger partial charge in [0.15, 0.2) is 11.8 Å². The summed E-state index contributed by atoms with van der Waals surface area (Å²) in [6, 6.07) is 7.19. The molecule has 10 heteroatoms. The second-order valence-corrected chi connectivity index (χ2v) is 9.14. The monoisotopic (exact) mass is 427 g/mol. The number of rotatable bonds is 7. The van der Waals surface area contributed by atoms with Gasteiger partial charge >= 0.3 is 5.97 Å². The maximum Gasteiger partial charge on any atom is 0.303 e. The second-order valence-electron chi connectivity index (χ2n) is 7.04. The number of sulfonamides is 1. The van der Waals surface area contributed by atoms with Gasteiger partial charge in [-0.25, -0.2) is 18.1 Å². The van der Waals surface area contributed by atoms with Crippen LogP contribution >= 0.6 is 11.6 Å². The average molecular weight is 428 g/mol. The molecule has 1 amide bonds. The zero-order valence-corrected chi connectivity index (χ0v) is 17.6. The number of halogens is 1. The summed E-state index contributed by atoms with van der Waals surface area (Å²) in [5.74, 6) is -1.17. The van der Waals surface area contributed by atoms with Crippen molar-refractivity contribution in [3.05, 3.63) is 35.0 Å². The zero-order chi connectivity index (χ0) is 21.1. The maximum atomic E-state index is 12.2. The van der Waals surface area contributed by atoms with Crippen molar-refractivity contribution >= 4 is 50.1 Å². The number of ether oxygens (including phenoxy) is 1. The van der Waals surface area contributed by atoms with E-state index in [2.05, 4.69) is 15.0 Å². The molecule has 0 aliphatic rings. The highest BCUT2D eigenvalue weighted by molar-refractivity contribution is 7.88. The minimum atomic E-state index is -3.46. The number of nitrogens with zero attached hydrogens (tertiary/aromatic N) is 1. The van der Waals surface area contributed by atoms with Gasteiger partial charge in [-0.05, 0) is 31.9 Å². The highest BCUT2D eigenvalue weighted by Gasteiger charge is 2.27. The fourth-order valence-electron chi connectivity index (χ4n) is 2.88. The van der Waals surface area contributed by atoms with Gasteiger partial charge in [-0.1, -0.05) is 29.8 Å². The van der Waals surface area contributed by atoms with Crippen molar-refractivity contribution in [2.45, 2.75) is 32.7 Å². The number of benzene rings is 1. The maximum absolute atomic E-state index is 12.2. The normalized spacial score (nSPS) is 12.0. The summed E-state index contributed by atoms with van der Waals surface area (Å²) >= 11 is 6.30. The van der Waals surface area contributed by atoms with Gasteiger partial charge in [-0.15, -0.1) is 0 Å². The Morgan fingerprint density at radius 2 is 1.89 bits per heavy atom. The van der Waals surface area contributed by atoms with Crippen LogP contribution in [-0.4, -0.2) is 43.7 Å².